The number of anilines is 1. The van der Waals surface area contributed by atoms with E-state index in [9.17, 15) is 0 Å². The Kier molecular flexibility index (Phi) is 2.68. The second-order valence-electron chi connectivity index (χ2n) is 4.85. The number of pyridine rings is 1. The molecule has 0 atom stereocenters. The lowest BCUT2D eigenvalue weighted by molar-refractivity contribution is 1.11. The minimum atomic E-state index is 0.467. The predicted octanol–water partition coefficient (Wildman–Crippen LogP) is 3.92. The van der Waals surface area contributed by atoms with E-state index in [-0.39, 0.29) is 0 Å². The summed E-state index contributed by atoms with van der Waals surface area (Å²) in [6.07, 6.45) is 3.47. The van der Waals surface area contributed by atoms with E-state index in [2.05, 4.69) is 50.2 Å². The van der Waals surface area contributed by atoms with Crippen molar-refractivity contribution in [2.24, 2.45) is 0 Å². The van der Waals surface area contributed by atoms with Crippen molar-refractivity contribution in [2.75, 3.05) is 5.73 Å². The van der Waals surface area contributed by atoms with Gasteiger partial charge in [0.1, 0.15) is 5.52 Å². The lowest BCUT2D eigenvalue weighted by atomic mass is 10.1. The summed E-state index contributed by atoms with van der Waals surface area (Å²) in [6, 6.07) is 14.4. The second-order valence-corrected chi connectivity index (χ2v) is 5.76. The average molecular weight is 339 g/mol. The van der Waals surface area contributed by atoms with Crippen LogP contribution in [0.1, 0.15) is 0 Å². The summed E-state index contributed by atoms with van der Waals surface area (Å²) in [5, 5.41) is 2.34. The molecule has 4 aromatic rings. The van der Waals surface area contributed by atoms with Crippen LogP contribution in [0.25, 0.3) is 27.5 Å². The van der Waals surface area contributed by atoms with E-state index in [0.29, 0.717) is 5.95 Å². The summed E-state index contributed by atoms with van der Waals surface area (Å²) in [7, 11) is 0. The molecule has 0 unspecified atom stereocenters. The van der Waals surface area contributed by atoms with Crippen LogP contribution in [0.2, 0.25) is 0 Å². The number of hydrogen-bond acceptors (Lipinski definition) is 3. The molecule has 102 valence electrons. The minimum absolute atomic E-state index is 0.467. The molecule has 21 heavy (non-hydrogen) atoms. The third-order valence-electron chi connectivity index (χ3n) is 3.53. The van der Waals surface area contributed by atoms with Gasteiger partial charge in [0.05, 0.1) is 11.7 Å². The number of nitrogens with zero attached hydrogens (tertiary/aromatic N) is 3. The van der Waals surface area contributed by atoms with E-state index in [1.54, 1.807) is 12.4 Å². The maximum Gasteiger partial charge on any atom is 0.205 e. The number of aromatic nitrogens is 3. The summed E-state index contributed by atoms with van der Waals surface area (Å²) in [5.74, 6) is 0.467. The second kappa shape index (κ2) is 4.56. The number of rotatable bonds is 1. The first-order chi connectivity index (χ1) is 10.2. The molecule has 2 aromatic heterocycles. The van der Waals surface area contributed by atoms with Gasteiger partial charge in [-0.1, -0.05) is 28.1 Å². The summed E-state index contributed by atoms with van der Waals surface area (Å²) in [4.78, 5) is 8.44. The Balaban J connectivity index is 2.00. The van der Waals surface area contributed by atoms with Crippen molar-refractivity contribution in [3.8, 4) is 5.69 Å². The van der Waals surface area contributed by atoms with Crippen molar-refractivity contribution >= 4 is 43.7 Å². The van der Waals surface area contributed by atoms with E-state index in [0.717, 1.165) is 26.6 Å². The van der Waals surface area contributed by atoms with Crippen LogP contribution >= 0.6 is 15.9 Å². The van der Waals surface area contributed by atoms with Crippen LogP contribution in [-0.4, -0.2) is 14.5 Å². The Bertz CT molecular complexity index is 975. The first-order valence-electron chi connectivity index (χ1n) is 6.50. The normalized spacial score (nSPS) is 11.3. The number of hydrogen-bond donors (Lipinski definition) is 1. The molecule has 0 aliphatic carbocycles. The van der Waals surface area contributed by atoms with Crippen molar-refractivity contribution in [1.29, 1.82) is 0 Å². The smallest absolute Gasteiger partial charge is 0.205 e. The molecule has 0 aliphatic rings. The highest BCUT2D eigenvalue weighted by atomic mass is 79.9. The summed E-state index contributed by atoms with van der Waals surface area (Å²) in [5.41, 5.74) is 8.82. The van der Waals surface area contributed by atoms with Gasteiger partial charge in [-0.2, -0.15) is 0 Å². The van der Waals surface area contributed by atoms with Gasteiger partial charge in [-0.3, -0.25) is 9.55 Å². The SMILES string of the molecule is Nc1nc2cnccc2n1-c1ccc2cc(Br)ccc2c1. The van der Waals surface area contributed by atoms with Gasteiger partial charge < -0.3 is 5.73 Å². The fourth-order valence-corrected chi connectivity index (χ4v) is 2.94. The van der Waals surface area contributed by atoms with Crippen LogP contribution in [0, 0.1) is 0 Å². The number of nitrogens with two attached hydrogens (primary N) is 1. The van der Waals surface area contributed by atoms with E-state index in [1.165, 1.54) is 5.39 Å². The molecule has 0 radical (unpaired) electrons. The molecule has 0 aliphatic heterocycles. The number of halogens is 1. The van der Waals surface area contributed by atoms with E-state index in [4.69, 9.17) is 5.73 Å². The topological polar surface area (TPSA) is 56.7 Å². The number of fused-ring (bicyclic) bond motifs is 2. The van der Waals surface area contributed by atoms with Crippen molar-refractivity contribution in [1.82, 2.24) is 14.5 Å². The Morgan fingerprint density at radius 1 is 1.00 bits per heavy atom. The van der Waals surface area contributed by atoms with Crippen molar-refractivity contribution in [3.05, 3.63) is 59.3 Å². The summed E-state index contributed by atoms with van der Waals surface area (Å²) >= 11 is 3.49. The maximum absolute atomic E-state index is 6.07. The molecule has 2 aromatic carbocycles. The lowest BCUT2D eigenvalue weighted by Gasteiger charge is -2.08. The van der Waals surface area contributed by atoms with Gasteiger partial charge in [0.2, 0.25) is 5.95 Å². The van der Waals surface area contributed by atoms with Crippen LogP contribution < -0.4 is 5.73 Å². The highest BCUT2D eigenvalue weighted by Crippen LogP contribution is 2.26. The fourth-order valence-electron chi connectivity index (χ4n) is 2.57. The van der Waals surface area contributed by atoms with Crippen molar-refractivity contribution < 1.29 is 0 Å². The van der Waals surface area contributed by atoms with Gasteiger partial charge >= 0.3 is 0 Å². The summed E-state index contributed by atoms with van der Waals surface area (Å²) in [6.45, 7) is 0. The van der Waals surface area contributed by atoms with Crippen LogP contribution in [0.4, 0.5) is 5.95 Å². The molecule has 0 bridgehead atoms. The molecular weight excluding hydrogens is 328 g/mol. The Morgan fingerprint density at radius 3 is 2.71 bits per heavy atom. The predicted molar refractivity (Wildman–Crippen MR) is 88.5 cm³/mol. The van der Waals surface area contributed by atoms with Gasteiger partial charge in [0, 0.05) is 16.4 Å². The number of nitrogen functional groups attached to an aromatic ring is 1. The Morgan fingerprint density at radius 2 is 1.81 bits per heavy atom. The standard InChI is InChI=1S/C16H11BrN4/c17-12-3-1-11-8-13(4-2-10(11)7-12)21-15-5-6-19-9-14(15)20-16(21)18/h1-9H,(H2,18,20). The molecule has 0 saturated carbocycles. The molecule has 4 rings (SSSR count). The molecule has 0 spiro atoms. The molecule has 2 N–H and O–H groups in total. The first kappa shape index (κ1) is 12.3. The van der Waals surface area contributed by atoms with E-state index >= 15 is 0 Å². The largest absolute Gasteiger partial charge is 0.369 e. The van der Waals surface area contributed by atoms with Gasteiger partial charge in [-0.05, 0) is 41.1 Å². The van der Waals surface area contributed by atoms with Gasteiger partial charge in [0.25, 0.3) is 0 Å². The van der Waals surface area contributed by atoms with Gasteiger partial charge in [-0.15, -0.1) is 0 Å². The monoisotopic (exact) mass is 338 g/mol. The highest BCUT2D eigenvalue weighted by Gasteiger charge is 2.10. The number of benzene rings is 2. The molecule has 0 fully saturated rings. The third kappa shape index (κ3) is 1.97. The molecular formula is C16H11BrN4. The highest BCUT2D eigenvalue weighted by molar-refractivity contribution is 9.10. The quantitative estimate of drug-likeness (QED) is 0.572. The van der Waals surface area contributed by atoms with Crippen LogP contribution in [0.3, 0.4) is 0 Å². The number of imidazole rings is 1. The lowest BCUT2D eigenvalue weighted by Crippen LogP contribution is -2.00. The third-order valence-corrected chi connectivity index (χ3v) is 4.02. The molecule has 0 saturated heterocycles. The van der Waals surface area contributed by atoms with E-state index in [1.807, 2.05) is 22.8 Å². The Hall–Kier alpha value is -2.40. The Labute approximate surface area is 129 Å². The van der Waals surface area contributed by atoms with Crippen LogP contribution in [0.15, 0.2) is 59.3 Å². The molecule has 2 heterocycles. The van der Waals surface area contributed by atoms with Crippen molar-refractivity contribution in [2.45, 2.75) is 0 Å². The first-order valence-corrected chi connectivity index (χ1v) is 7.29. The van der Waals surface area contributed by atoms with Crippen molar-refractivity contribution in [3.63, 3.8) is 0 Å². The average Bonchev–Trinajstić information content (AvgIpc) is 2.82. The fraction of sp³-hybridized carbons (Fsp3) is 0. The molecule has 4 nitrogen and oxygen atoms in total. The van der Waals surface area contributed by atoms with Gasteiger partial charge in [-0.25, -0.2) is 4.98 Å². The maximum atomic E-state index is 6.07. The van der Waals surface area contributed by atoms with Gasteiger partial charge in [0.15, 0.2) is 0 Å². The van der Waals surface area contributed by atoms with Crippen LogP contribution in [-0.2, 0) is 0 Å². The molecule has 0 amide bonds. The molecule has 5 heteroatoms. The summed E-state index contributed by atoms with van der Waals surface area (Å²) < 4.78 is 3.01. The zero-order chi connectivity index (χ0) is 14.4. The van der Waals surface area contributed by atoms with Crippen LogP contribution in [0.5, 0.6) is 0 Å². The van der Waals surface area contributed by atoms with E-state index < -0.39 is 0 Å². The zero-order valence-corrected chi connectivity index (χ0v) is 12.6. The minimum Gasteiger partial charge on any atom is -0.369 e. The zero-order valence-electron chi connectivity index (χ0n) is 11.0.